The van der Waals surface area contributed by atoms with Crippen LogP contribution in [0.2, 0.25) is 0 Å². The van der Waals surface area contributed by atoms with Crippen molar-refractivity contribution in [3.8, 4) is 0 Å². The van der Waals surface area contributed by atoms with E-state index in [1.165, 1.54) is 0 Å². The highest BCUT2D eigenvalue weighted by atomic mass is 16.2. The van der Waals surface area contributed by atoms with Crippen LogP contribution in [-0.4, -0.2) is 36.3 Å². The van der Waals surface area contributed by atoms with Gasteiger partial charge in [-0.3, -0.25) is 9.59 Å². The van der Waals surface area contributed by atoms with Gasteiger partial charge in [0, 0.05) is 26.1 Å². The summed E-state index contributed by atoms with van der Waals surface area (Å²) < 4.78 is 0. The maximum atomic E-state index is 12.4. The van der Waals surface area contributed by atoms with Crippen molar-refractivity contribution in [2.24, 2.45) is 11.8 Å². The molecule has 1 aliphatic rings. The number of hydrogen-bond donors (Lipinski definition) is 1. The zero-order valence-corrected chi connectivity index (χ0v) is 11.9. The number of amides is 2. The largest absolute Gasteiger partial charge is 0.355 e. The van der Waals surface area contributed by atoms with Crippen LogP contribution < -0.4 is 5.32 Å². The van der Waals surface area contributed by atoms with Crippen LogP contribution in [0.4, 0.5) is 0 Å². The van der Waals surface area contributed by atoms with E-state index in [1.807, 2.05) is 11.8 Å². The maximum absolute atomic E-state index is 12.4. The Hall–Kier alpha value is -1.06. The summed E-state index contributed by atoms with van der Waals surface area (Å²) in [5.41, 5.74) is 0. The van der Waals surface area contributed by atoms with Crippen LogP contribution in [0.3, 0.4) is 0 Å². The summed E-state index contributed by atoms with van der Waals surface area (Å²) in [6, 6.07) is 0. The Morgan fingerprint density at radius 1 is 1.39 bits per heavy atom. The van der Waals surface area contributed by atoms with E-state index in [0.29, 0.717) is 25.3 Å². The van der Waals surface area contributed by atoms with Gasteiger partial charge in [0.25, 0.3) is 0 Å². The minimum absolute atomic E-state index is 0.0167. The Labute approximate surface area is 110 Å². The average Bonchev–Trinajstić information content (AvgIpc) is 2.40. The molecule has 1 aliphatic heterocycles. The van der Waals surface area contributed by atoms with E-state index < -0.39 is 0 Å². The molecule has 1 fully saturated rings. The lowest BCUT2D eigenvalue weighted by Crippen LogP contribution is -2.46. The molecule has 1 N–H and O–H groups in total. The minimum Gasteiger partial charge on any atom is -0.355 e. The standard InChI is InChI=1S/C14H26N2O2/c1-4-11(5-2)10-16(6-3)14(18)12-7-8-13(17)15-9-12/h11-12H,4-10H2,1-3H3,(H,15,17). The lowest BCUT2D eigenvalue weighted by Gasteiger charge is -2.31. The fourth-order valence-electron chi connectivity index (χ4n) is 2.44. The Morgan fingerprint density at radius 2 is 2.06 bits per heavy atom. The third-order valence-electron chi connectivity index (χ3n) is 3.94. The molecule has 0 bridgehead atoms. The highest BCUT2D eigenvalue weighted by molar-refractivity contribution is 5.83. The SMILES string of the molecule is CCC(CC)CN(CC)C(=O)C1CCC(=O)NC1. The van der Waals surface area contributed by atoms with Gasteiger partial charge in [-0.25, -0.2) is 0 Å². The summed E-state index contributed by atoms with van der Waals surface area (Å²) in [6.45, 7) is 8.51. The Morgan fingerprint density at radius 3 is 2.50 bits per heavy atom. The molecule has 1 saturated heterocycles. The van der Waals surface area contributed by atoms with Crippen LogP contribution in [0.1, 0.15) is 46.5 Å². The van der Waals surface area contributed by atoms with Gasteiger partial charge >= 0.3 is 0 Å². The fourth-order valence-corrected chi connectivity index (χ4v) is 2.44. The molecule has 18 heavy (non-hydrogen) atoms. The Kier molecular flexibility index (Phi) is 6.16. The van der Waals surface area contributed by atoms with Gasteiger partial charge < -0.3 is 10.2 Å². The van der Waals surface area contributed by atoms with Crippen molar-refractivity contribution in [3.05, 3.63) is 0 Å². The number of piperidine rings is 1. The summed E-state index contributed by atoms with van der Waals surface area (Å²) in [5.74, 6) is 0.857. The first kappa shape index (κ1) is 15.0. The normalized spacial score (nSPS) is 19.8. The molecule has 1 atom stereocenters. The highest BCUT2D eigenvalue weighted by Gasteiger charge is 2.28. The second-order valence-corrected chi connectivity index (χ2v) is 5.10. The molecule has 0 saturated carbocycles. The third-order valence-corrected chi connectivity index (χ3v) is 3.94. The van der Waals surface area contributed by atoms with Crippen molar-refractivity contribution in [2.45, 2.75) is 46.5 Å². The van der Waals surface area contributed by atoms with Crippen LogP contribution in [0.15, 0.2) is 0 Å². The van der Waals surface area contributed by atoms with Crippen molar-refractivity contribution in [1.29, 1.82) is 0 Å². The second-order valence-electron chi connectivity index (χ2n) is 5.10. The van der Waals surface area contributed by atoms with Crippen LogP contribution in [0.5, 0.6) is 0 Å². The first-order chi connectivity index (χ1) is 8.62. The van der Waals surface area contributed by atoms with Crippen LogP contribution in [0, 0.1) is 11.8 Å². The topological polar surface area (TPSA) is 49.4 Å². The van der Waals surface area contributed by atoms with E-state index in [-0.39, 0.29) is 17.7 Å². The molecule has 4 heteroatoms. The molecule has 1 rings (SSSR count). The molecule has 0 aromatic rings. The van der Waals surface area contributed by atoms with Crippen LogP contribution in [-0.2, 0) is 9.59 Å². The molecule has 0 radical (unpaired) electrons. The zero-order valence-electron chi connectivity index (χ0n) is 11.9. The molecule has 0 spiro atoms. The molecule has 1 unspecified atom stereocenters. The van der Waals surface area contributed by atoms with Crippen molar-refractivity contribution >= 4 is 11.8 Å². The molecular weight excluding hydrogens is 228 g/mol. The third kappa shape index (κ3) is 4.00. The molecule has 2 amide bonds. The van der Waals surface area contributed by atoms with E-state index in [9.17, 15) is 9.59 Å². The molecule has 0 aromatic carbocycles. The van der Waals surface area contributed by atoms with Gasteiger partial charge in [0.1, 0.15) is 0 Å². The van der Waals surface area contributed by atoms with E-state index in [1.54, 1.807) is 0 Å². The number of nitrogens with zero attached hydrogens (tertiary/aromatic N) is 1. The number of rotatable bonds is 6. The van der Waals surface area contributed by atoms with E-state index in [2.05, 4.69) is 19.2 Å². The minimum atomic E-state index is -0.0167. The summed E-state index contributed by atoms with van der Waals surface area (Å²) in [7, 11) is 0. The number of hydrogen-bond acceptors (Lipinski definition) is 2. The number of nitrogens with one attached hydrogen (secondary N) is 1. The monoisotopic (exact) mass is 254 g/mol. The van der Waals surface area contributed by atoms with Crippen molar-refractivity contribution in [1.82, 2.24) is 10.2 Å². The fraction of sp³-hybridized carbons (Fsp3) is 0.857. The van der Waals surface area contributed by atoms with Gasteiger partial charge in [-0.2, -0.15) is 0 Å². The average molecular weight is 254 g/mol. The predicted octanol–water partition coefficient (Wildman–Crippen LogP) is 1.80. The van der Waals surface area contributed by atoms with Gasteiger partial charge in [0.05, 0.1) is 5.92 Å². The van der Waals surface area contributed by atoms with Gasteiger partial charge in [0.15, 0.2) is 0 Å². The first-order valence-electron chi connectivity index (χ1n) is 7.17. The summed E-state index contributed by atoms with van der Waals surface area (Å²) in [5, 5.41) is 2.79. The predicted molar refractivity (Wildman–Crippen MR) is 72.1 cm³/mol. The quantitative estimate of drug-likeness (QED) is 0.785. The summed E-state index contributed by atoms with van der Waals surface area (Å²) in [4.78, 5) is 25.4. The molecular formula is C14H26N2O2. The van der Waals surface area contributed by atoms with Crippen molar-refractivity contribution < 1.29 is 9.59 Å². The molecule has 104 valence electrons. The van der Waals surface area contributed by atoms with Gasteiger partial charge in [-0.05, 0) is 19.3 Å². The van der Waals surface area contributed by atoms with Gasteiger partial charge in [-0.1, -0.05) is 26.7 Å². The van der Waals surface area contributed by atoms with Gasteiger partial charge in [-0.15, -0.1) is 0 Å². The Bertz CT molecular complexity index is 278. The van der Waals surface area contributed by atoms with Crippen molar-refractivity contribution in [2.75, 3.05) is 19.6 Å². The highest BCUT2D eigenvalue weighted by Crippen LogP contribution is 2.17. The molecule has 0 aromatic heterocycles. The summed E-state index contributed by atoms with van der Waals surface area (Å²) in [6.07, 6.45) is 3.41. The second kappa shape index (κ2) is 7.39. The Balaban J connectivity index is 2.53. The molecule has 4 nitrogen and oxygen atoms in total. The lowest BCUT2D eigenvalue weighted by atomic mass is 9.96. The first-order valence-corrected chi connectivity index (χ1v) is 7.17. The van der Waals surface area contributed by atoms with E-state index in [0.717, 1.165) is 25.9 Å². The molecule has 0 aliphatic carbocycles. The van der Waals surface area contributed by atoms with E-state index >= 15 is 0 Å². The van der Waals surface area contributed by atoms with Crippen molar-refractivity contribution in [3.63, 3.8) is 0 Å². The number of carbonyl (C=O) groups excluding carboxylic acids is 2. The lowest BCUT2D eigenvalue weighted by molar-refractivity contribution is -0.138. The van der Waals surface area contributed by atoms with E-state index in [4.69, 9.17) is 0 Å². The van der Waals surface area contributed by atoms with Crippen LogP contribution >= 0.6 is 0 Å². The maximum Gasteiger partial charge on any atom is 0.227 e. The number of carbonyl (C=O) groups is 2. The van der Waals surface area contributed by atoms with Gasteiger partial charge in [0.2, 0.25) is 11.8 Å². The zero-order chi connectivity index (χ0) is 13.5. The summed E-state index contributed by atoms with van der Waals surface area (Å²) >= 11 is 0. The smallest absolute Gasteiger partial charge is 0.227 e. The molecule has 1 heterocycles. The van der Waals surface area contributed by atoms with Crippen LogP contribution in [0.25, 0.3) is 0 Å².